The number of fused-ring (bicyclic) bond motifs is 1. The minimum atomic E-state index is -1.15. The summed E-state index contributed by atoms with van der Waals surface area (Å²) in [4.78, 5) is 25.2. The molecule has 0 bridgehead atoms. The number of anilines is 1. The van der Waals surface area contributed by atoms with E-state index in [1.807, 2.05) is 0 Å². The van der Waals surface area contributed by atoms with Crippen molar-refractivity contribution in [2.45, 2.75) is 25.6 Å². The monoisotopic (exact) mass is 479 g/mol. The van der Waals surface area contributed by atoms with E-state index in [4.69, 9.17) is 40.0 Å². The summed E-state index contributed by atoms with van der Waals surface area (Å²) in [6, 6.07) is 8.51. The van der Waals surface area contributed by atoms with Gasteiger partial charge in [0.05, 0.1) is 32.9 Å². The predicted octanol–water partition coefficient (Wildman–Crippen LogP) is 3.72. The predicted molar refractivity (Wildman–Crippen MR) is 120 cm³/mol. The van der Waals surface area contributed by atoms with E-state index in [-0.39, 0.29) is 19.8 Å². The second kappa shape index (κ2) is 11.2. The summed E-state index contributed by atoms with van der Waals surface area (Å²) in [7, 11) is 4.50. The summed E-state index contributed by atoms with van der Waals surface area (Å²) >= 11 is 6.38. The Labute approximate surface area is 196 Å². The Morgan fingerprint density at radius 3 is 2.58 bits per heavy atom. The summed E-state index contributed by atoms with van der Waals surface area (Å²) in [5.41, 5.74) is 1.44. The van der Waals surface area contributed by atoms with E-state index in [1.54, 1.807) is 37.3 Å². The molecule has 0 radical (unpaired) electrons. The van der Waals surface area contributed by atoms with Gasteiger partial charge in [0.1, 0.15) is 18.0 Å². The van der Waals surface area contributed by atoms with Crippen molar-refractivity contribution in [2.24, 2.45) is 0 Å². The highest BCUT2D eigenvalue weighted by Crippen LogP contribution is 2.46. The van der Waals surface area contributed by atoms with Crippen LogP contribution >= 0.6 is 11.6 Å². The van der Waals surface area contributed by atoms with Gasteiger partial charge in [-0.1, -0.05) is 23.7 Å². The molecule has 0 saturated heterocycles. The second-order valence-corrected chi connectivity index (χ2v) is 7.44. The first-order chi connectivity index (χ1) is 15.9. The number of esters is 1. The average Bonchev–Trinajstić information content (AvgIpc) is 2.93. The number of rotatable bonds is 9. The van der Waals surface area contributed by atoms with Gasteiger partial charge >= 0.3 is 5.97 Å². The number of methoxy groups -OCH3 is 3. The molecule has 1 amide bonds. The van der Waals surface area contributed by atoms with E-state index in [0.29, 0.717) is 39.1 Å². The molecule has 0 unspecified atom stereocenters. The molecule has 178 valence electrons. The molecule has 3 rings (SSSR count). The standard InChI is InChI=1S/C23H26ClNO8/c1-5-31-19(26)11-18-23(27)25-20-15(9-13(24)10-17(20)32-12-28-2)21(33-18)14-7-6-8-16(29-3)22(14)30-4/h6-10,18,21H,5,11-12H2,1-4H3,(H,25,27)/t18-,21-/m1/s1. The first-order valence-electron chi connectivity index (χ1n) is 10.2. The normalized spacial score (nSPS) is 17.4. The van der Waals surface area contributed by atoms with Gasteiger partial charge in [0, 0.05) is 29.3 Å². The van der Waals surface area contributed by atoms with Gasteiger partial charge in [-0.25, -0.2) is 0 Å². The van der Waals surface area contributed by atoms with Crippen molar-refractivity contribution in [1.82, 2.24) is 0 Å². The number of carbonyl (C=O) groups excluding carboxylic acids is 2. The molecule has 1 heterocycles. The SMILES string of the molecule is CCOC(=O)C[C@H]1O[C@H](c2cccc(OC)c2OC)c2cc(Cl)cc(OCOC)c2NC1=O. The van der Waals surface area contributed by atoms with Gasteiger partial charge in [-0.05, 0) is 19.1 Å². The van der Waals surface area contributed by atoms with Crippen LogP contribution < -0.4 is 19.5 Å². The quantitative estimate of drug-likeness (QED) is 0.429. The fraction of sp³-hybridized carbons (Fsp3) is 0.391. The van der Waals surface area contributed by atoms with E-state index in [2.05, 4.69) is 5.32 Å². The molecular formula is C23H26ClNO8. The van der Waals surface area contributed by atoms with E-state index in [9.17, 15) is 9.59 Å². The van der Waals surface area contributed by atoms with Gasteiger partial charge in [0.2, 0.25) is 0 Å². The average molecular weight is 480 g/mol. The summed E-state index contributed by atoms with van der Waals surface area (Å²) in [5, 5.41) is 3.16. The number of hydrogen-bond donors (Lipinski definition) is 1. The maximum atomic E-state index is 13.1. The van der Waals surface area contributed by atoms with Gasteiger partial charge in [-0.2, -0.15) is 0 Å². The Kier molecular flexibility index (Phi) is 8.37. The largest absolute Gasteiger partial charge is 0.493 e. The van der Waals surface area contributed by atoms with Crippen LogP contribution in [0, 0.1) is 0 Å². The molecule has 0 spiro atoms. The van der Waals surface area contributed by atoms with E-state index in [1.165, 1.54) is 21.3 Å². The van der Waals surface area contributed by atoms with E-state index < -0.39 is 24.1 Å². The summed E-state index contributed by atoms with van der Waals surface area (Å²) < 4.78 is 32.9. The summed E-state index contributed by atoms with van der Waals surface area (Å²) in [5.74, 6) is 0.0927. The highest BCUT2D eigenvalue weighted by atomic mass is 35.5. The molecule has 0 aromatic heterocycles. The Bertz CT molecular complexity index is 1010. The number of ether oxygens (including phenoxy) is 6. The molecule has 1 N–H and O–H groups in total. The first kappa shape index (κ1) is 24.6. The van der Waals surface area contributed by atoms with Gasteiger partial charge < -0.3 is 33.7 Å². The van der Waals surface area contributed by atoms with Crippen LogP contribution in [0.4, 0.5) is 5.69 Å². The molecule has 0 aliphatic carbocycles. The minimum absolute atomic E-state index is 0.0666. The molecule has 0 saturated carbocycles. The van der Waals surface area contributed by atoms with Gasteiger partial charge in [-0.15, -0.1) is 0 Å². The Morgan fingerprint density at radius 1 is 1.12 bits per heavy atom. The van der Waals surface area contributed by atoms with Crippen molar-refractivity contribution < 1.29 is 38.0 Å². The molecule has 9 nitrogen and oxygen atoms in total. The number of halogens is 1. The Balaban J connectivity index is 2.18. The fourth-order valence-electron chi connectivity index (χ4n) is 3.55. The summed E-state index contributed by atoms with van der Waals surface area (Å²) in [6.07, 6.45) is -2.28. The highest BCUT2D eigenvalue weighted by Gasteiger charge is 2.37. The van der Waals surface area contributed by atoms with Crippen LogP contribution in [0.3, 0.4) is 0 Å². The minimum Gasteiger partial charge on any atom is -0.493 e. The Morgan fingerprint density at radius 2 is 1.91 bits per heavy atom. The first-order valence-corrected chi connectivity index (χ1v) is 10.6. The van der Waals surface area contributed by atoms with Gasteiger partial charge in [0.25, 0.3) is 5.91 Å². The van der Waals surface area contributed by atoms with E-state index in [0.717, 1.165) is 0 Å². The fourth-order valence-corrected chi connectivity index (χ4v) is 3.77. The van der Waals surface area contributed by atoms with E-state index >= 15 is 0 Å². The van der Waals surface area contributed by atoms with Crippen LogP contribution in [0.5, 0.6) is 17.2 Å². The third-order valence-electron chi connectivity index (χ3n) is 4.93. The lowest BCUT2D eigenvalue weighted by atomic mass is 9.98. The van der Waals surface area contributed by atoms with Crippen LogP contribution in [-0.2, 0) is 23.8 Å². The molecule has 0 fully saturated rings. The molecule has 33 heavy (non-hydrogen) atoms. The maximum Gasteiger partial charge on any atom is 0.308 e. The Hall–Kier alpha value is -3.01. The molecule has 1 aliphatic heterocycles. The zero-order valence-corrected chi connectivity index (χ0v) is 19.6. The molecule has 2 aromatic rings. The zero-order valence-electron chi connectivity index (χ0n) is 18.8. The number of nitrogens with one attached hydrogen (secondary N) is 1. The molecule has 1 aliphatic rings. The number of carbonyl (C=O) groups is 2. The highest BCUT2D eigenvalue weighted by molar-refractivity contribution is 6.31. The topological polar surface area (TPSA) is 102 Å². The third kappa shape index (κ3) is 5.50. The van der Waals surface area contributed by atoms with Crippen LogP contribution in [-0.4, -0.2) is 52.7 Å². The number of para-hydroxylation sites is 1. The van der Waals surface area contributed by atoms with Crippen molar-refractivity contribution in [3.8, 4) is 17.2 Å². The molecule has 2 atom stereocenters. The smallest absolute Gasteiger partial charge is 0.308 e. The van der Waals surface area contributed by atoms with Crippen molar-refractivity contribution >= 4 is 29.2 Å². The lowest BCUT2D eigenvalue weighted by molar-refractivity contribution is -0.150. The molecular weight excluding hydrogens is 454 g/mol. The number of benzene rings is 2. The van der Waals surface area contributed by atoms with Crippen molar-refractivity contribution in [2.75, 3.05) is 40.0 Å². The molecule has 2 aromatic carbocycles. The maximum absolute atomic E-state index is 13.1. The molecule has 10 heteroatoms. The van der Waals surface area contributed by atoms with Crippen LogP contribution in [0.15, 0.2) is 30.3 Å². The number of amides is 1. The lowest BCUT2D eigenvalue weighted by Gasteiger charge is -2.24. The van der Waals surface area contributed by atoms with Crippen molar-refractivity contribution in [1.29, 1.82) is 0 Å². The van der Waals surface area contributed by atoms with Crippen LogP contribution in [0.1, 0.15) is 30.6 Å². The third-order valence-corrected chi connectivity index (χ3v) is 5.14. The van der Waals surface area contributed by atoms with Crippen LogP contribution in [0.25, 0.3) is 0 Å². The lowest BCUT2D eigenvalue weighted by Crippen LogP contribution is -2.32. The van der Waals surface area contributed by atoms with Crippen molar-refractivity contribution in [3.63, 3.8) is 0 Å². The van der Waals surface area contributed by atoms with Gasteiger partial charge in [0.15, 0.2) is 18.3 Å². The van der Waals surface area contributed by atoms with Gasteiger partial charge in [-0.3, -0.25) is 9.59 Å². The number of hydrogen-bond acceptors (Lipinski definition) is 8. The van der Waals surface area contributed by atoms with Crippen molar-refractivity contribution in [3.05, 3.63) is 46.5 Å². The summed E-state index contributed by atoms with van der Waals surface area (Å²) in [6.45, 7) is 1.81. The second-order valence-electron chi connectivity index (χ2n) is 7.00. The zero-order chi connectivity index (χ0) is 24.0. The van der Waals surface area contributed by atoms with Crippen LogP contribution in [0.2, 0.25) is 5.02 Å².